The van der Waals surface area contributed by atoms with Crippen molar-refractivity contribution in [3.05, 3.63) is 35.6 Å². The molecule has 2 N–H and O–H groups in total. The van der Waals surface area contributed by atoms with E-state index in [0.29, 0.717) is 12.5 Å². The molecular weight excluding hydrogens is 474 g/mol. The van der Waals surface area contributed by atoms with Gasteiger partial charge in [-0.2, -0.15) is 11.8 Å². The van der Waals surface area contributed by atoms with Crippen LogP contribution in [0.5, 0.6) is 0 Å². The van der Waals surface area contributed by atoms with Gasteiger partial charge in [-0.05, 0) is 58.0 Å². The number of likely N-dealkylation sites (tertiary alicyclic amines) is 1. The molecule has 0 unspecified atom stereocenters. The third-order valence-electron chi connectivity index (χ3n) is 5.07. The molecule has 0 aromatic heterocycles. The van der Waals surface area contributed by atoms with Crippen molar-refractivity contribution in [2.75, 3.05) is 39.5 Å². The second-order valence-corrected chi connectivity index (χ2v) is 9.09. The number of piperidine rings is 1. The largest absolute Gasteiger partial charge is 0.356 e. The van der Waals surface area contributed by atoms with Crippen molar-refractivity contribution >= 4 is 41.7 Å². The topological polar surface area (TPSA) is 39.7 Å². The Bertz CT molecular complexity index is 589. The quantitative estimate of drug-likeness (QED) is 0.333. The van der Waals surface area contributed by atoms with E-state index in [1.165, 1.54) is 0 Å². The average Bonchev–Trinajstić information content (AvgIpc) is 2.65. The Kier molecular flexibility index (Phi) is 11.0. The number of rotatable bonds is 7. The highest BCUT2D eigenvalue weighted by atomic mass is 127. The Morgan fingerprint density at radius 1 is 1.26 bits per heavy atom. The van der Waals surface area contributed by atoms with Crippen LogP contribution in [-0.4, -0.2) is 55.1 Å². The van der Waals surface area contributed by atoms with Gasteiger partial charge in [0.2, 0.25) is 0 Å². The zero-order chi connectivity index (χ0) is 19.0. The van der Waals surface area contributed by atoms with E-state index in [4.69, 9.17) is 0 Å². The third-order valence-corrected chi connectivity index (χ3v) is 6.32. The Morgan fingerprint density at radius 2 is 1.93 bits per heavy atom. The van der Waals surface area contributed by atoms with Crippen molar-refractivity contribution in [1.29, 1.82) is 0 Å². The summed E-state index contributed by atoms with van der Waals surface area (Å²) in [5.41, 5.74) is 0.796. The van der Waals surface area contributed by atoms with Crippen molar-refractivity contribution in [2.45, 2.75) is 38.0 Å². The zero-order valence-corrected chi connectivity index (χ0v) is 20.1. The fourth-order valence-electron chi connectivity index (χ4n) is 3.05. The van der Waals surface area contributed by atoms with Crippen LogP contribution in [0.2, 0.25) is 0 Å². The maximum absolute atomic E-state index is 13.8. The third kappa shape index (κ3) is 8.56. The zero-order valence-electron chi connectivity index (χ0n) is 16.9. The fraction of sp³-hybridized carbons (Fsp3) is 0.650. The molecule has 154 valence electrons. The van der Waals surface area contributed by atoms with Gasteiger partial charge in [-0.3, -0.25) is 9.89 Å². The van der Waals surface area contributed by atoms with Crippen molar-refractivity contribution in [1.82, 2.24) is 15.5 Å². The number of nitrogens with zero attached hydrogens (tertiary/aromatic N) is 2. The summed E-state index contributed by atoms with van der Waals surface area (Å²) in [6.07, 6.45) is 4.40. The first-order valence-corrected chi connectivity index (χ1v) is 10.6. The first kappa shape index (κ1) is 24.5. The number of benzene rings is 1. The molecule has 2 rings (SSSR count). The molecule has 0 spiro atoms. The number of thioether (sulfide) groups is 1. The molecule has 1 heterocycles. The minimum Gasteiger partial charge on any atom is -0.356 e. The summed E-state index contributed by atoms with van der Waals surface area (Å²) in [4.78, 5) is 6.67. The van der Waals surface area contributed by atoms with Gasteiger partial charge < -0.3 is 10.6 Å². The first-order chi connectivity index (χ1) is 12.4. The summed E-state index contributed by atoms with van der Waals surface area (Å²) >= 11 is 1.85. The molecule has 1 aliphatic heterocycles. The van der Waals surface area contributed by atoms with Gasteiger partial charge in [0.25, 0.3) is 0 Å². The minimum atomic E-state index is -0.0978. The molecule has 4 nitrogen and oxygen atoms in total. The lowest BCUT2D eigenvalue weighted by molar-refractivity contribution is 0.176. The van der Waals surface area contributed by atoms with E-state index < -0.39 is 0 Å². The highest BCUT2D eigenvalue weighted by molar-refractivity contribution is 14.0. The van der Waals surface area contributed by atoms with Gasteiger partial charge in [-0.25, -0.2) is 4.39 Å². The van der Waals surface area contributed by atoms with E-state index >= 15 is 0 Å². The van der Waals surface area contributed by atoms with Crippen molar-refractivity contribution < 1.29 is 4.39 Å². The Balaban J connectivity index is 0.00000364. The van der Waals surface area contributed by atoms with Crippen molar-refractivity contribution in [3.8, 4) is 0 Å². The lowest BCUT2D eigenvalue weighted by Crippen LogP contribution is -2.46. The van der Waals surface area contributed by atoms with E-state index in [9.17, 15) is 4.39 Å². The van der Waals surface area contributed by atoms with E-state index in [1.807, 2.05) is 30.9 Å². The Hall–Kier alpha value is -0.540. The van der Waals surface area contributed by atoms with Crippen LogP contribution in [0, 0.1) is 11.7 Å². The molecule has 1 aromatic rings. The van der Waals surface area contributed by atoms with Crippen molar-refractivity contribution in [3.63, 3.8) is 0 Å². The van der Waals surface area contributed by atoms with Crippen LogP contribution >= 0.6 is 35.7 Å². The SMILES string of the molecule is CN=C(NCC1CCN(Cc2ccccc2F)CC1)NCC(C)(C)SC.I. The van der Waals surface area contributed by atoms with Crippen molar-refractivity contribution in [2.24, 2.45) is 10.9 Å². The Labute approximate surface area is 185 Å². The first-order valence-electron chi connectivity index (χ1n) is 9.39. The molecule has 27 heavy (non-hydrogen) atoms. The molecule has 1 saturated heterocycles. The molecule has 1 fully saturated rings. The van der Waals surface area contributed by atoms with Gasteiger partial charge in [0.05, 0.1) is 0 Å². The fourth-order valence-corrected chi connectivity index (χ4v) is 3.26. The number of halogens is 2. The van der Waals surface area contributed by atoms with E-state index in [2.05, 4.69) is 40.6 Å². The second kappa shape index (κ2) is 12.1. The number of aliphatic imine (C=N–C) groups is 1. The van der Waals surface area contributed by atoms with Gasteiger partial charge in [0.1, 0.15) is 5.82 Å². The number of hydrogen-bond acceptors (Lipinski definition) is 3. The predicted molar refractivity (Wildman–Crippen MR) is 127 cm³/mol. The number of guanidine groups is 1. The van der Waals surface area contributed by atoms with Gasteiger partial charge >= 0.3 is 0 Å². The highest BCUT2D eigenvalue weighted by Gasteiger charge is 2.21. The van der Waals surface area contributed by atoms with Crippen LogP contribution in [0.4, 0.5) is 4.39 Å². The lowest BCUT2D eigenvalue weighted by Gasteiger charge is -2.32. The van der Waals surface area contributed by atoms with Gasteiger partial charge in [-0.15, -0.1) is 24.0 Å². The molecule has 1 aromatic carbocycles. The molecule has 0 amide bonds. The lowest BCUT2D eigenvalue weighted by atomic mass is 9.96. The highest BCUT2D eigenvalue weighted by Crippen LogP contribution is 2.20. The average molecular weight is 508 g/mol. The normalized spacial score (nSPS) is 16.7. The number of hydrogen-bond donors (Lipinski definition) is 2. The molecule has 0 radical (unpaired) electrons. The van der Waals surface area contributed by atoms with Crippen LogP contribution in [0.15, 0.2) is 29.3 Å². The van der Waals surface area contributed by atoms with E-state index in [0.717, 1.165) is 50.5 Å². The standard InChI is InChI=1S/C20H33FN4S.HI/c1-20(2,26-4)15-24-19(22-3)23-13-16-9-11-25(12-10-16)14-17-7-5-6-8-18(17)21;/h5-8,16H,9-15H2,1-4H3,(H2,22,23,24);1H. The summed E-state index contributed by atoms with van der Waals surface area (Å²) in [7, 11) is 1.82. The van der Waals surface area contributed by atoms with Crippen LogP contribution in [0.25, 0.3) is 0 Å². The maximum Gasteiger partial charge on any atom is 0.191 e. The van der Waals surface area contributed by atoms with E-state index in [-0.39, 0.29) is 34.5 Å². The molecule has 7 heteroatoms. The molecule has 0 bridgehead atoms. The van der Waals surface area contributed by atoms with Crippen LogP contribution in [0.3, 0.4) is 0 Å². The molecule has 0 aliphatic carbocycles. The molecule has 0 atom stereocenters. The van der Waals surface area contributed by atoms with Gasteiger partial charge in [0.15, 0.2) is 5.96 Å². The monoisotopic (exact) mass is 508 g/mol. The smallest absolute Gasteiger partial charge is 0.191 e. The molecule has 0 saturated carbocycles. The molecule has 1 aliphatic rings. The summed E-state index contributed by atoms with van der Waals surface area (Å²) in [5.74, 6) is 1.42. The summed E-state index contributed by atoms with van der Waals surface area (Å²) in [5, 5.41) is 6.87. The second-order valence-electron chi connectivity index (χ2n) is 7.58. The predicted octanol–water partition coefficient (Wildman–Crippen LogP) is 3.96. The minimum absolute atomic E-state index is 0. The number of nitrogens with one attached hydrogen (secondary N) is 2. The summed E-state index contributed by atoms with van der Waals surface area (Å²) in [6.45, 7) is 9.02. The molecular formula is C20H34FIN4S. The van der Waals surface area contributed by atoms with Gasteiger partial charge in [0, 0.05) is 37.0 Å². The van der Waals surface area contributed by atoms with Crippen LogP contribution in [0.1, 0.15) is 32.3 Å². The van der Waals surface area contributed by atoms with Gasteiger partial charge in [-0.1, -0.05) is 18.2 Å². The summed E-state index contributed by atoms with van der Waals surface area (Å²) in [6, 6.07) is 7.08. The summed E-state index contributed by atoms with van der Waals surface area (Å²) < 4.78 is 14.0. The van der Waals surface area contributed by atoms with E-state index in [1.54, 1.807) is 12.1 Å². The van der Waals surface area contributed by atoms with Crippen LogP contribution in [-0.2, 0) is 6.54 Å². The maximum atomic E-state index is 13.8. The van der Waals surface area contributed by atoms with Crippen LogP contribution < -0.4 is 10.6 Å². The Morgan fingerprint density at radius 3 is 2.52 bits per heavy atom.